The number of carbonyl (C=O) groups excluding carboxylic acids is 1. The van der Waals surface area contributed by atoms with Crippen molar-refractivity contribution < 1.29 is 4.79 Å². The molecule has 1 amide bonds. The summed E-state index contributed by atoms with van der Waals surface area (Å²) in [6, 6.07) is 7.93. The van der Waals surface area contributed by atoms with Gasteiger partial charge in [0.1, 0.15) is 0 Å². The first kappa shape index (κ1) is 16.3. The molecule has 0 aliphatic heterocycles. The van der Waals surface area contributed by atoms with Crippen LogP contribution < -0.4 is 5.32 Å². The number of amides is 1. The number of thioether (sulfide) groups is 2. The maximum absolute atomic E-state index is 12.2. The maximum Gasteiger partial charge on any atom is 0.237 e. The second-order valence-corrected chi connectivity index (χ2v) is 7.96. The molecular weight excluding hydrogens is 322 g/mol. The molecule has 0 saturated carbocycles. The Morgan fingerprint density at radius 2 is 1.95 bits per heavy atom. The van der Waals surface area contributed by atoms with E-state index in [1.54, 1.807) is 11.8 Å². The van der Waals surface area contributed by atoms with Crippen LogP contribution in [0.4, 0.5) is 5.69 Å². The smallest absolute Gasteiger partial charge is 0.237 e. The second kappa shape index (κ2) is 7.82. The molecule has 1 aromatic heterocycles. The highest BCUT2D eigenvalue weighted by atomic mass is 32.2. The van der Waals surface area contributed by atoms with E-state index in [-0.39, 0.29) is 11.2 Å². The van der Waals surface area contributed by atoms with Crippen molar-refractivity contribution in [2.45, 2.75) is 34.2 Å². The Bertz CT molecular complexity index is 598. The van der Waals surface area contributed by atoms with Gasteiger partial charge in [-0.15, -0.1) is 10.2 Å². The Balaban J connectivity index is 1.92. The van der Waals surface area contributed by atoms with E-state index in [0.717, 1.165) is 20.8 Å². The Hall–Kier alpha value is -1.05. The van der Waals surface area contributed by atoms with E-state index in [4.69, 9.17) is 0 Å². The molecule has 4 nitrogen and oxygen atoms in total. The van der Waals surface area contributed by atoms with E-state index < -0.39 is 0 Å². The van der Waals surface area contributed by atoms with Gasteiger partial charge in [-0.2, -0.15) is 0 Å². The van der Waals surface area contributed by atoms with Gasteiger partial charge < -0.3 is 5.32 Å². The van der Waals surface area contributed by atoms with Gasteiger partial charge in [-0.3, -0.25) is 4.79 Å². The summed E-state index contributed by atoms with van der Waals surface area (Å²) in [7, 11) is 0. The van der Waals surface area contributed by atoms with Gasteiger partial charge in [-0.05, 0) is 37.3 Å². The fraction of sp³-hybridized carbons (Fsp3) is 0.357. The quantitative estimate of drug-likeness (QED) is 0.808. The van der Waals surface area contributed by atoms with E-state index in [1.165, 1.54) is 28.7 Å². The van der Waals surface area contributed by atoms with Gasteiger partial charge in [0, 0.05) is 5.69 Å². The van der Waals surface area contributed by atoms with Crippen molar-refractivity contribution in [1.82, 2.24) is 10.2 Å². The normalized spacial score (nSPS) is 12.1. The van der Waals surface area contributed by atoms with E-state index in [0.29, 0.717) is 0 Å². The standard InChI is InChI=1S/C14H17N3OS3/c1-4-10-5-7-11(8-6-10)15-12(18)9(2)20-14-17-16-13(19-3)21-14/h5-9H,4H2,1-3H3,(H,15,18)/t9-/m0/s1. The lowest BCUT2D eigenvalue weighted by atomic mass is 10.1. The predicted molar refractivity (Wildman–Crippen MR) is 91.5 cm³/mol. The summed E-state index contributed by atoms with van der Waals surface area (Å²) in [5.41, 5.74) is 2.08. The van der Waals surface area contributed by atoms with Gasteiger partial charge >= 0.3 is 0 Å². The van der Waals surface area contributed by atoms with Crippen LogP contribution in [0.1, 0.15) is 19.4 Å². The summed E-state index contributed by atoms with van der Waals surface area (Å²) < 4.78 is 1.74. The van der Waals surface area contributed by atoms with Crippen molar-refractivity contribution in [3.8, 4) is 0 Å². The molecule has 1 N–H and O–H groups in total. The molecule has 0 fully saturated rings. The zero-order chi connectivity index (χ0) is 15.2. The first-order chi connectivity index (χ1) is 10.1. The third-order valence-electron chi connectivity index (χ3n) is 2.84. The number of aryl methyl sites for hydroxylation is 1. The molecule has 0 radical (unpaired) electrons. The van der Waals surface area contributed by atoms with Crippen LogP contribution >= 0.6 is 34.9 Å². The lowest BCUT2D eigenvalue weighted by Gasteiger charge is -2.10. The average molecular weight is 340 g/mol. The molecule has 7 heteroatoms. The van der Waals surface area contributed by atoms with Gasteiger partial charge in [0.05, 0.1) is 5.25 Å². The van der Waals surface area contributed by atoms with Crippen molar-refractivity contribution in [3.63, 3.8) is 0 Å². The summed E-state index contributed by atoms with van der Waals surface area (Å²) in [6.45, 7) is 3.98. The summed E-state index contributed by atoms with van der Waals surface area (Å²) in [5, 5.41) is 10.8. The monoisotopic (exact) mass is 339 g/mol. The molecule has 0 bridgehead atoms. The highest BCUT2D eigenvalue weighted by molar-refractivity contribution is 8.03. The first-order valence-electron chi connectivity index (χ1n) is 6.56. The van der Waals surface area contributed by atoms with E-state index in [9.17, 15) is 4.79 Å². The molecule has 0 spiro atoms. The van der Waals surface area contributed by atoms with Crippen molar-refractivity contribution in [3.05, 3.63) is 29.8 Å². The minimum Gasteiger partial charge on any atom is -0.325 e. The topological polar surface area (TPSA) is 54.9 Å². The molecule has 112 valence electrons. The molecular formula is C14H17N3OS3. The van der Waals surface area contributed by atoms with Crippen LogP contribution in [0.3, 0.4) is 0 Å². The number of anilines is 1. The van der Waals surface area contributed by atoms with Crippen molar-refractivity contribution in [1.29, 1.82) is 0 Å². The van der Waals surface area contributed by atoms with Crippen LogP contribution in [0.15, 0.2) is 32.9 Å². The number of hydrogen-bond acceptors (Lipinski definition) is 6. The van der Waals surface area contributed by atoms with Gasteiger partial charge in [-0.1, -0.05) is 53.9 Å². The highest BCUT2D eigenvalue weighted by Gasteiger charge is 2.17. The first-order valence-corrected chi connectivity index (χ1v) is 9.48. The minimum absolute atomic E-state index is 0.0230. The van der Waals surface area contributed by atoms with Crippen LogP contribution in [0, 0.1) is 0 Å². The minimum atomic E-state index is -0.210. The molecule has 0 aliphatic carbocycles. The average Bonchev–Trinajstić information content (AvgIpc) is 2.95. The predicted octanol–water partition coefficient (Wildman–Crippen LogP) is 3.94. The summed E-state index contributed by atoms with van der Waals surface area (Å²) in [6.07, 6.45) is 2.96. The van der Waals surface area contributed by atoms with Crippen molar-refractivity contribution in [2.24, 2.45) is 0 Å². The number of nitrogens with one attached hydrogen (secondary N) is 1. The molecule has 0 unspecified atom stereocenters. The maximum atomic E-state index is 12.2. The fourth-order valence-corrected chi connectivity index (χ4v) is 4.18. The molecule has 21 heavy (non-hydrogen) atoms. The lowest BCUT2D eigenvalue weighted by molar-refractivity contribution is -0.115. The van der Waals surface area contributed by atoms with Crippen LogP contribution in [-0.2, 0) is 11.2 Å². The molecule has 1 aromatic carbocycles. The number of aromatic nitrogens is 2. The molecule has 0 aliphatic rings. The van der Waals surface area contributed by atoms with Crippen molar-refractivity contribution >= 4 is 46.5 Å². The Morgan fingerprint density at radius 1 is 1.29 bits per heavy atom. The van der Waals surface area contributed by atoms with Gasteiger partial charge in [0.25, 0.3) is 0 Å². The summed E-state index contributed by atoms with van der Waals surface area (Å²) >= 11 is 4.51. The number of carbonyl (C=O) groups is 1. The Kier molecular flexibility index (Phi) is 6.08. The molecule has 0 saturated heterocycles. The third-order valence-corrected chi connectivity index (χ3v) is 5.92. The third kappa shape index (κ3) is 4.72. The molecule has 2 rings (SSSR count). The molecule has 2 aromatic rings. The lowest BCUT2D eigenvalue weighted by Crippen LogP contribution is -2.22. The number of hydrogen-bond donors (Lipinski definition) is 1. The van der Waals surface area contributed by atoms with E-state index in [1.807, 2.05) is 37.4 Å². The van der Waals surface area contributed by atoms with Gasteiger partial charge in [0.15, 0.2) is 8.68 Å². The number of benzene rings is 1. The van der Waals surface area contributed by atoms with E-state index >= 15 is 0 Å². The molecule has 1 heterocycles. The highest BCUT2D eigenvalue weighted by Crippen LogP contribution is 2.30. The second-order valence-electron chi connectivity index (χ2n) is 4.34. The summed E-state index contributed by atoms with van der Waals surface area (Å²) in [4.78, 5) is 12.2. The number of rotatable bonds is 6. The van der Waals surface area contributed by atoms with Crippen LogP contribution in [0.5, 0.6) is 0 Å². The Morgan fingerprint density at radius 3 is 2.52 bits per heavy atom. The van der Waals surface area contributed by atoms with Crippen LogP contribution in [-0.4, -0.2) is 27.6 Å². The van der Waals surface area contributed by atoms with E-state index in [2.05, 4.69) is 22.4 Å². The van der Waals surface area contributed by atoms with Gasteiger partial charge in [0.2, 0.25) is 5.91 Å². The van der Waals surface area contributed by atoms with Crippen LogP contribution in [0.25, 0.3) is 0 Å². The zero-order valence-corrected chi connectivity index (χ0v) is 14.6. The number of nitrogens with zero attached hydrogens (tertiary/aromatic N) is 2. The SMILES string of the molecule is CCc1ccc(NC(=O)[C@H](C)Sc2nnc(SC)s2)cc1. The summed E-state index contributed by atoms with van der Waals surface area (Å²) in [5.74, 6) is -0.0230. The largest absolute Gasteiger partial charge is 0.325 e. The van der Waals surface area contributed by atoms with Gasteiger partial charge in [-0.25, -0.2) is 0 Å². The zero-order valence-electron chi connectivity index (χ0n) is 12.1. The van der Waals surface area contributed by atoms with Crippen LogP contribution in [0.2, 0.25) is 0 Å². The Labute approximate surface area is 137 Å². The fourth-order valence-electron chi connectivity index (χ4n) is 1.60. The van der Waals surface area contributed by atoms with Crippen molar-refractivity contribution in [2.75, 3.05) is 11.6 Å². The molecule has 1 atom stereocenters.